The second-order valence-corrected chi connectivity index (χ2v) is 8.85. The molecule has 0 aliphatic heterocycles. The number of benzene rings is 2. The molecule has 2 aromatic carbocycles. The van der Waals surface area contributed by atoms with Gasteiger partial charge in [0.1, 0.15) is 10.6 Å². The Hall–Kier alpha value is -2.09. The predicted molar refractivity (Wildman–Crippen MR) is 116 cm³/mol. The van der Waals surface area contributed by atoms with Crippen LogP contribution in [0.5, 0.6) is 5.75 Å². The van der Waals surface area contributed by atoms with Gasteiger partial charge in [0.15, 0.2) is 0 Å². The van der Waals surface area contributed by atoms with E-state index < -0.39 is 15.9 Å². The van der Waals surface area contributed by atoms with Gasteiger partial charge < -0.3 is 10.1 Å². The van der Waals surface area contributed by atoms with E-state index in [0.29, 0.717) is 31.1 Å². The van der Waals surface area contributed by atoms with Gasteiger partial charge in [-0.2, -0.15) is 4.31 Å². The van der Waals surface area contributed by atoms with E-state index in [-0.39, 0.29) is 15.5 Å². The molecule has 0 aliphatic carbocycles. The van der Waals surface area contributed by atoms with Gasteiger partial charge >= 0.3 is 0 Å². The van der Waals surface area contributed by atoms with E-state index >= 15 is 0 Å². The van der Waals surface area contributed by atoms with Gasteiger partial charge in [-0.25, -0.2) is 8.42 Å². The molecule has 2 aromatic rings. The van der Waals surface area contributed by atoms with Gasteiger partial charge in [0, 0.05) is 18.7 Å². The van der Waals surface area contributed by atoms with Crippen LogP contribution in [0.2, 0.25) is 5.02 Å². The molecule has 0 aromatic heterocycles. The molecule has 0 aliphatic rings. The molecule has 0 fully saturated rings. The fraction of sp³-hybridized carbons (Fsp3) is 0.381. The third-order valence-corrected chi connectivity index (χ3v) is 6.90. The van der Waals surface area contributed by atoms with Crippen molar-refractivity contribution >= 4 is 33.2 Å². The lowest BCUT2D eigenvalue weighted by Gasteiger charge is -2.19. The number of carbonyl (C=O) groups excluding carboxylic acids is 1. The fourth-order valence-corrected chi connectivity index (χ4v) is 4.76. The number of halogens is 1. The van der Waals surface area contributed by atoms with Gasteiger partial charge in [0.05, 0.1) is 17.3 Å². The number of aryl methyl sites for hydroxylation is 1. The van der Waals surface area contributed by atoms with E-state index in [4.69, 9.17) is 16.3 Å². The van der Waals surface area contributed by atoms with Gasteiger partial charge in [-0.15, -0.1) is 0 Å². The standard InChI is InChI=1S/C21H27ClN2O4S/c1-5-12-28-19-13-15(4)8-11-18(19)23-21(25)16-9-10-17(22)20(14-16)29(26,27)24(6-2)7-3/h8-11,13-14H,5-7,12H2,1-4H3,(H,23,25). The zero-order valence-electron chi connectivity index (χ0n) is 17.2. The van der Waals surface area contributed by atoms with Gasteiger partial charge in [-0.1, -0.05) is 38.4 Å². The Morgan fingerprint density at radius 2 is 1.79 bits per heavy atom. The van der Waals surface area contributed by atoms with Crippen LogP contribution in [0.3, 0.4) is 0 Å². The van der Waals surface area contributed by atoms with E-state index in [1.165, 1.54) is 22.5 Å². The van der Waals surface area contributed by atoms with Gasteiger partial charge in [-0.05, 0) is 49.2 Å². The number of ether oxygens (including phenoxy) is 1. The highest BCUT2D eigenvalue weighted by Crippen LogP contribution is 2.29. The number of hydrogen-bond acceptors (Lipinski definition) is 4. The first-order valence-electron chi connectivity index (χ1n) is 9.59. The Morgan fingerprint density at radius 3 is 2.41 bits per heavy atom. The van der Waals surface area contributed by atoms with Crippen molar-refractivity contribution in [3.8, 4) is 5.75 Å². The van der Waals surface area contributed by atoms with E-state index in [2.05, 4.69) is 5.32 Å². The van der Waals surface area contributed by atoms with Crippen LogP contribution in [0.15, 0.2) is 41.3 Å². The van der Waals surface area contributed by atoms with E-state index in [0.717, 1.165) is 12.0 Å². The monoisotopic (exact) mass is 438 g/mol. The van der Waals surface area contributed by atoms with Crippen LogP contribution in [0.25, 0.3) is 0 Å². The van der Waals surface area contributed by atoms with Crippen molar-refractivity contribution in [2.45, 2.75) is 39.0 Å². The molecule has 1 N–H and O–H groups in total. The van der Waals surface area contributed by atoms with E-state index in [1.54, 1.807) is 19.9 Å². The molecular formula is C21H27ClN2O4S. The number of nitrogens with one attached hydrogen (secondary N) is 1. The predicted octanol–water partition coefficient (Wildman–Crippen LogP) is 4.72. The Bertz CT molecular complexity index is 973. The second kappa shape index (κ2) is 10.1. The Labute approximate surface area is 177 Å². The lowest BCUT2D eigenvalue weighted by atomic mass is 10.1. The zero-order chi connectivity index (χ0) is 21.6. The summed E-state index contributed by atoms with van der Waals surface area (Å²) in [7, 11) is -3.79. The van der Waals surface area contributed by atoms with Crippen LogP contribution < -0.4 is 10.1 Å². The lowest BCUT2D eigenvalue weighted by molar-refractivity contribution is 0.102. The van der Waals surface area contributed by atoms with Crippen molar-refractivity contribution < 1.29 is 17.9 Å². The quantitative estimate of drug-likeness (QED) is 0.614. The minimum Gasteiger partial charge on any atom is -0.491 e. The molecular weight excluding hydrogens is 412 g/mol. The lowest BCUT2D eigenvalue weighted by Crippen LogP contribution is -2.31. The molecule has 29 heavy (non-hydrogen) atoms. The van der Waals surface area contributed by atoms with Crippen LogP contribution in [-0.2, 0) is 10.0 Å². The molecule has 8 heteroatoms. The molecule has 2 rings (SSSR count). The molecule has 0 atom stereocenters. The first kappa shape index (κ1) is 23.2. The van der Waals surface area contributed by atoms with Crippen LogP contribution in [0, 0.1) is 6.92 Å². The molecule has 0 spiro atoms. The normalized spacial score (nSPS) is 11.5. The maximum atomic E-state index is 12.8. The molecule has 6 nitrogen and oxygen atoms in total. The number of carbonyl (C=O) groups is 1. The van der Waals surface area contributed by atoms with Crippen molar-refractivity contribution in [3.05, 3.63) is 52.5 Å². The average Bonchev–Trinajstić information content (AvgIpc) is 2.68. The largest absolute Gasteiger partial charge is 0.491 e. The van der Waals surface area contributed by atoms with Crippen LogP contribution >= 0.6 is 11.6 Å². The molecule has 0 unspecified atom stereocenters. The summed E-state index contributed by atoms with van der Waals surface area (Å²) in [6.07, 6.45) is 0.838. The maximum absolute atomic E-state index is 12.8. The van der Waals surface area contributed by atoms with Crippen molar-refractivity contribution in [1.82, 2.24) is 4.31 Å². The van der Waals surface area contributed by atoms with Crippen molar-refractivity contribution in [2.75, 3.05) is 25.0 Å². The number of amides is 1. The highest BCUT2D eigenvalue weighted by molar-refractivity contribution is 7.89. The summed E-state index contributed by atoms with van der Waals surface area (Å²) in [5.74, 6) is 0.132. The molecule has 158 valence electrons. The van der Waals surface area contributed by atoms with Crippen molar-refractivity contribution in [1.29, 1.82) is 0 Å². The fourth-order valence-electron chi connectivity index (χ4n) is 2.80. The molecule has 0 saturated heterocycles. The van der Waals surface area contributed by atoms with E-state index in [1.807, 2.05) is 26.0 Å². The third kappa shape index (κ3) is 5.50. The van der Waals surface area contributed by atoms with Crippen molar-refractivity contribution in [3.63, 3.8) is 0 Å². The minimum atomic E-state index is -3.79. The number of hydrogen-bond donors (Lipinski definition) is 1. The first-order valence-corrected chi connectivity index (χ1v) is 11.4. The number of sulfonamides is 1. The number of nitrogens with zero attached hydrogens (tertiary/aromatic N) is 1. The minimum absolute atomic E-state index is 0.0794. The number of rotatable bonds is 9. The van der Waals surface area contributed by atoms with Gasteiger partial charge in [0.25, 0.3) is 5.91 Å². The van der Waals surface area contributed by atoms with Crippen LogP contribution in [0.4, 0.5) is 5.69 Å². The average molecular weight is 439 g/mol. The summed E-state index contributed by atoms with van der Waals surface area (Å²) < 4.78 is 32.7. The molecule has 0 saturated carbocycles. The molecule has 0 radical (unpaired) electrons. The number of anilines is 1. The van der Waals surface area contributed by atoms with Gasteiger partial charge in [0.2, 0.25) is 10.0 Å². The second-order valence-electron chi connectivity index (χ2n) is 6.54. The van der Waals surface area contributed by atoms with Crippen LogP contribution in [-0.4, -0.2) is 38.3 Å². The molecule has 0 heterocycles. The topological polar surface area (TPSA) is 75.7 Å². The zero-order valence-corrected chi connectivity index (χ0v) is 18.7. The smallest absolute Gasteiger partial charge is 0.255 e. The van der Waals surface area contributed by atoms with Crippen LogP contribution in [0.1, 0.15) is 43.1 Å². The Balaban J connectivity index is 2.36. The first-order chi connectivity index (χ1) is 13.7. The van der Waals surface area contributed by atoms with E-state index in [9.17, 15) is 13.2 Å². The SMILES string of the molecule is CCCOc1cc(C)ccc1NC(=O)c1ccc(Cl)c(S(=O)(=O)N(CC)CC)c1. The summed E-state index contributed by atoms with van der Waals surface area (Å²) in [5.41, 5.74) is 1.73. The Morgan fingerprint density at radius 1 is 1.10 bits per heavy atom. The highest BCUT2D eigenvalue weighted by Gasteiger charge is 2.25. The third-order valence-electron chi connectivity index (χ3n) is 4.36. The summed E-state index contributed by atoms with van der Waals surface area (Å²) >= 11 is 6.15. The maximum Gasteiger partial charge on any atom is 0.255 e. The summed E-state index contributed by atoms with van der Waals surface area (Å²) in [6.45, 7) is 8.59. The summed E-state index contributed by atoms with van der Waals surface area (Å²) in [6, 6.07) is 9.72. The van der Waals surface area contributed by atoms with Crippen molar-refractivity contribution in [2.24, 2.45) is 0 Å². The molecule has 0 bridgehead atoms. The highest BCUT2D eigenvalue weighted by atomic mass is 35.5. The Kier molecular flexibility index (Phi) is 8.07. The van der Waals surface area contributed by atoms with Gasteiger partial charge in [-0.3, -0.25) is 4.79 Å². The summed E-state index contributed by atoms with van der Waals surface area (Å²) in [4.78, 5) is 12.7. The summed E-state index contributed by atoms with van der Waals surface area (Å²) in [5, 5.41) is 2.88. The molecule has 1 amide bonds.